The Bertz CT molecular complexity index is 295. The van der Waals surface area contributed by atoms with Crippen LogP contribution < -0.4 is 0 Å². The van der Waals surface area contributed by atoms with E-state index in [-0.39, 0.29) is 59.1 Å². The molecule has 0 heterocycles. The molecule has 0 aliphatic rings. The molecule has 0 aliphatic carbocycles. The summed E-state index contributed by atoms with van der Waals surface area (Å²) in [5.74, 6) is 0. The fourth-order valence-electron chi connectivity index (χ4n) is 0.841. The predicted octanol–water partition coefficient (Wildman–Crippen LogP) is -5.17. The molecule has 0 saturated heterocycles. The first-order chi connectivity index (χ1) is 7.12. The number of carbonyl (C=O) groups is 1. The molecule has 0 rings (SSSR count). The molecule has 0 bridgehead atoms. The molecule has 0 radical (unpaired) electrons. The van der Waals surface area contributed by atoms with Gasteiger partial charge in [-0.1, -0.05) is 0 Å². The third kappa shape index (κ3) is 7.41. The number of aliphatic hydroxyl groups excluding tert-OH is 5. The maximum absolute atomic E-state index is 10.8. The minimum atomic E-state index is -5.25. The standard InChI is InChI=1S/C6H13O9P.2Na.2H/c7-1-2(8)3(9)4(10)5(11)6(12)16(13,14)15;;;;/h2-5,7-11H,1H2,(H2,13,14,15);;;;/t2-,3-,4+,5+;;;;/m1..../s1. The van der Waals surface area contributed by atoms with E-state index >= 15 is 0 Å². The summed E-state index contributed by atoms with van der Waals surface area (Å²) in [5, 5.41) is 44.4. The van der Waals surface area contributed by atoms with Gasteiger partial charge in [-0.25, -0.2) is 0 Å². The quantitative estimate of drug-likeness (QED) is 0.187. The molecule has 0 aromatic rings. The maximum atomic E-state index is 10.8. The van der Waals surface area contributed by atoms with E-state index in [2.05, 4.69) is 0 Å². The molecule has 9 nitrogen and oxygen atoms in total. The van der Waals surface area contributed by atoms with Crippen molar-refractivity contribution in [2.45, 2.75) is 24.4 Å². The van der Waals surface area contributed by atoms with E-state index < -0.39 is 44.1 Å². The molecule has 7 N–H and O–H groups in total. The Kier molecular flexibility index (Phi) is 14.2. The average Bonchev–Trinajstić information content (AvgIpc) is 2.22. The second-order valence-electron chi connectivity index (χ2n) is 3.06. The molecule has 0 aromatic carbocycles. The number of carbonyl (C=O) groups excluding carboxylic acids is 1. The Morgan fingerprint density at radius 1 is 1.00 bits per heavy atom. The molecule has 4 atom stereocenters. The van der Waals surface area contributed by atoms with Gasteiger partial charge in [-0.3, -0.25) is 9.36 Å². The topological polar surface area (TPSA) is 176 Å². The molecular formula is C6H15Na2O9P. The Morgan fingerprint density at radius 2 is 1.39 bits per heavy atom. The molecule has 0 aliphatic heterocycles. The average molecular weight is 308 g/mol. The third-order valence-electron chi connectivity index (χ3n) is 1.79. The first kappa shape index (κ1) is 24.6. The second kappa shape index (κ2) is 10.4. The van der Waals surface area contributed by atoms with E-state index in [0.29, 0.717) is 0 Å². The molecule has 12 heteroatoms. The van der Waals surface area contributed by atoms with Crippen molar-refractivity contribution in [3.8, 4) is 0 Å². The van der Waals surface area contributed by atoms with Crippen LogP contribution in [0.25, 0.3) is 0 Å². The van der Waals surface area contributed by atoms with E-state index in [1.54, 1.807) is 0 Å². The molecule has 0 aromatic heterocycles. The Labute approximate surface area is 147 Å². The Balaban J connectivity index is -0.00000112. The van der Waals surface area contributed by atoms with Crippen molar-refractivity contribution in [2.24, 2.45) is 0 Å². The summed E-state index contributed by atoms with van der Waals surface area (Å²) in [6, 6.07) is 0. The minimum absolute atomic E-state index is 0. The van der Waals surface area contributed by atoms with Gasteiger partial charge in [0, 0.05) is 0 Å². The summed E-state index contributed by atoms with van der Waals surface area (Å²) < 4.78 is 10.4. The van der Waals surface area contributed by atoms with E-state index in [1.165, 1.54) is 0 Å². The van der Waals surface area contributed by atoms with Crippen LogP contribution in [0.5, 0.6) is 0 Å². The third-order valence-corrected chi connectivity index (χ3v) is 2.63. The first-order valence-electron chi connectivity index (χ1n) is 4.06. The Hall–Kier alpha value is 1.62. The van der Waals surface area contributed by atoms with E-state index in [4.69, 9.17) is 35.3 Å². The molecule has 0 saturated carbocycles. The van der Waals surface area contributed by atoms with Gasteiger partial charge in [0.05, 0.1) is 6.61 Å². The van der Waals surface area contributed by atoms with Crippen LogP contribution in [0.3, 0.4) is 0 Å². The van der Waals surface area contributed by atoms with Crippen molar-refractivity contribution in [3.63, 3.8) is 0 Å². The van der Waals surface area contributed by atoms with Crippen LogP contribution in [0.2, 0.25) is 0 Å². The molecular weight excluding hydrogens is 293 g/mol. The summed E-state index contributed by atoms with van der Waals surface area (Å²) in [6.45, 7) is -0.963. The van der Waals surface area contributed by atoms with Gasteiger partial charge in [-0.15, -0.1) is 0 Å². The van der Waals surface area contributed by atoms with Gasteiger partial charge in [-0.05, 0) is 0 Å². The van der Waals surface area contributed by atoms with Gasteiger partial charge in [0.25, 0.3) is 5.52 Å². The summed E-state index contributed by atoms with van der Waals surface area (Å²) in [7, 11) is -5.25. The normalized spacial score (nSPS) is 17.7. The zero-order chi connectivity index (χ0) is 13.1. The van der Waals surface area contributed by atoms with Crippen LogP contribution in [0.15, 0.2) is 0 Å². The summed E-state index contributed by atoms with van der Waals surface area (Å²) in [6.07, 6.45) is -8.84. The number of hydrogen-bond donors (Lipinski definition) is 7. The molecule has 0 amide bonds. The summed E-state index contributed by atoms with van der Waals surface area (Å²) >= 11 is 0. The van der Waals surface area contributed by atoms with Gasteiger partial charge in [0.2, 0.25) is 0 Å². The second-order valence-corrected chi connectivity index (χ2v) is 4.59. The number of rotatable bonds is 6. The van der Waals surface area contributed by atoms with Gasteiger partial charge in [-0.2, -0.15) is 0 Å². The van der Waals surface area contributed by atoms with Gasteiger partial charge >= 0.3 is 66.7 Å². The fraction of sp³-hybridized carbons (Fsp3) is 0.833. The van der Waals surface area contributed by atoms with Crippen molar-refractivity contribution in [3.05, 3.63) is 0 Å². The summed E-state index contributed by atoms with van der Waals surface area (Å²) in [5.41, 5.74) is -1.98. The van der Waals surface area contributed by atoms with Gasteiger partial charge < -0.3 is 35.3 Å². The fourth-order valence-corrected chi connectivity index (χ4v) is 1.34. The zero-order valence-electron chi connectivity index (χ0n) is 7.91. The Morgan fingerprint density at radius 3 is 1.67 bits per heavy atom. The van der Waals surface area contributed by atoms with Gasteiger partial charge in [0.1, 0.15) is 18.3 Å². The van der Waals surface area contributed by atoms with E-state index in [9.17, 15) is 9.36 Å². The van der Waals surface area contributed by atoms with Gasteiger partial charge in [0.15, 0.2) is 6.10 Å². The van der Waals surface area contributed by atoms with Crippen LogP contribution in [0, 0.1) is 0 Å². The van der Waals surface area contributed by atoms with Crippen molar-refractivity contribution in [1.82, 2.24) is 0 Å². The number of aliphatic hydroxyl groups is 5. The van der Waals surface area contributed by atoms with Crippen LogP contribution in [-0.2, 0) is 9.36 Å². The van der Waals surface area contributed by atoms with Crippen LogP contribution >= 0.6 is 7.60 Å². The molecule has 0 spiro atoms. The monoisotopic (exact) mass is 308 g/mol. The zero-order valence-corrected chi connectivity index (χ0v) is 8.81. The molecule has 18 heavy (non-hydrogen) atoms. The van der Waals surface area contributed by atoms with Crippen molar-refractivity contribution in [2.75, 3.05) is 6.61 Å². The predicted molar refractivity (Wildman–Crippen MR) is 62.5 cm³/mol. The van der Waals surface area contributed by atoms with Crippen molar-refractivity contribution in [1.29, 1.82) is 0 Å². The number of hydrogen-bond acceptors (Lipinski definition) is 7. The SMILES string of the molecule is O=C([C@@H](O)[C@@H](O)[C@H](O)[C@H](O)CO)P(=O)(O)O.[NaH].[NaH]. The molecule has 0 unspecified atom stereocenters. The molecule has 100 valence electrons. The first-order valence-corrected chi connectivity index (χ1v) is 5.67. The van der Waals surface area contributed by atoms with Crippen LogP contribution in [-0.4, -0.2) is 131 Å². The van der Waals surface area contributed by atoms with Crippen molar-refractivity contribution < 1.29 is 44.7 Å². The van der Waals surface area contributed by atoms with E-state index in [0.717, 1.165) is 0 Å². The van der Waals surface area contributed by atoms with Crippen LogP contribution in [0.4, 0.5) is 0 Å². The van der Waals surface area contributed by atoms with Crippen molar-refractivity contribution >= 4 is 72.2 Å². The summed E-state index contributed by atoms with van der Waals surface area (Å²) in [4.78, 5) is 27.6. The van der Waals surface area contributed by atoms with E-state index in [1.807, 2.05) is 0 Å². The molecule has 0 fully saturated rings. The van der Waals surface area contributed by atoms with Crippen LogP contribution in [0.1, 0.15) is 0 Å².